The Bertz CT molecular complexity index is 1560. The van der Waals surface area contributed by atoms with Crippen LogP contribution >= 0.6 is 0 Å². The predicted octanol–water partition coefficient (Wildman–Crippen LogP) is 5.27. The molecule has 8 nitrogen and oxygen atoms in total. The van der Waals surface area contributed by atoms with Crippen molar-refractivity contribution in [1.29, 1.82) is 0 Å². The second-order valence-corrected chi connectivity index (χ2v) is 9.06. The molecular weight excluding hydrogens is 459 g/mol. The number of hydrogen-bond acceptors (Lipinski definition) is 7. The van der Waals surface area contributed by atoms with E-state index in [1.165, 1.54) is 6.33 Å². The fourth-order valence-corrected chi connectivity index (χ4v) is 4.64. The summed E-state index contributed by atoms with van der Waals surface area (Å²) in [5.74, 6) is 0.980. The van der Waals surface area contributed by atoms with E-state index in [0.29, 0.717) is 45.7 Å². The summed E-state index contributed by atoms with van der Waals surface area (Å²) in [6, 6.07) is 10.8. The minimum absolute atomic E-state index is 0.0867. The molecule has 0 bridgehead atoms. The highest BCUT2D eigenvalue weighted by Crippen LogP contribution is 2.38. The van der Waals surface area contributed by atoms with E-state index in [0.717, 1.165) is 24.2 Å². The topological polar surface area (TPSA) is 87.0 Å². The van der Waals surface area contributed by atoms with Crippen LogP contribution in [0.1, 0.15) is 13.3 Å². The van der Waals surface area contributed by atoms with Crippen LogP contribution in [-0.4, -0.2) is 44.1 Å². The number of fused-ring (bicyclic) bond motifs is 2. The molecular formula is C27H25FN6O2. The minimum atomic E-state index is -0.390. The molecule has 3 aromatic heterocycles. The second kappa shape index (κ2) is 9.16. The highest BCUT2D eigenvalue weighted by Gasteiger charge is 2.25. The van der Waals surface area contributed by atoms with E-state index >= 15 is 4.39 Å². The lowest BCUT2D eigenvalue weighted by Gasteiger charge is -2.22. The minimum Gasteiger partial charge on any atom is -0.489 e. The zero-order valence-electron chi connectivity index (χ0n) is 20.0. The van der Waals surface area contributed by atoms with Crippen molar-refractivity contribution < 1.29 is 13.9 Å². The Kier molecular flexibility index (Phi) is 5.69. The van der Waals surface area contributed by atoms with Gasteiger partial charge in [-0.05, 0) is 55.3 Å². The lowest BCUT2D eigenvalue weighted by molar-refractivity contribution is 0.124. The van der Waals surface area contributed by atoms with E-state index in [2.05, 4.69) is 32.3 Å². The number of halogens is 1. The van der Waals surface area contributed by atoms with Gasteiger partial charge in [-0.25, -0.2) is 14.4 Å². The summed E-state index contributed by atoms with van der Waals surface area (Å²) in [5, 5.41) is 8.60. The van der Waals surface area contributed by atoms with Gasteiger partial charge in [0, 0.05) is 42.9 Å². The maximum atomic E-state index is 15.4. The molecule has 9 heteroatoms. The third kappa shape index (κ3) is 4.11. The summed E-state index contributed by atoms with van der Waals surface area (Å²) in [5.41, 5.74) is 3.44. The van der Waals surface area contributed by atoms with Crippen LogP contribution in [0.25, 0.3) is 32.9 Å². The average molecular weight is 485 g/mol. The lowest BCUT2D eigenvalue weighted by atomic mass is 10.0. The molecule has 1 aliphatic heterocycles. The van der Waals surface area contributed by atoms with Gasteiger partial charge in [-0.2, -0.15) is 5.10 Å². The van der Waals surface area contributed by atoms with E-state index < -0.39 is 5.82 Å². The number of rotatable bonds is 6. The van der Waals surface area contributed by atoms with Crippen molar-refractivity contribution in [3.05, 3.63) is 67.1 Å². The summed E-state index contributed by atoms with van der Waals surface area (Å²) in [4.78, 5) is 13.2. The van der Waals surface area contributed by atoms with Crippen LogP contribution in [0.5, 0.6) is 5.75 Å². The Morgan fingerprint density at radius 3 is 2.86 bits per heavy atom. The molecule has 0 spiro atoms. The van der Waals surface area contributed by atoms with Gasteiger partial charge in [0.2, 0.25) is 0 Å². The van der Waals surface area contributed by atoms with Gasteiger partial charge in [0.05, 0.1) is 34.9 Å². The molecule has 0 radical (unpaired) electrons. The van der Waals surface area contributed by atoms with Crippen molar-refractivity contribution in [3.8, 4) is 16.9 Å². The molecule has 0 amide bonds. The molecule has 6 rings (SSSR count). The van der Waals surface area contributed by atoms with E-state index in [-0.39, 0.29) is 12.0 Å². The normalized spacial score (nSPS) is 16.5. The number of aromatic nitrogens is 5. The number of pyridine rings is 1. The van der Waals surface area contributed by atoms with Crippen molar-refractivity contribution >= 4 is 33.3 Å². The SMILES string of the molecule is C[C@@H](Oc1cc(-c2cnn(C)c2)cc2ncnc(Nc3ccc4ncccc4c3F)c12)[C@H]1CCOC1. The first-order chi connectivity index (χ1) is 17.6. The Labute approximate surface area is 207 Å². The molecule has 0 unspecified atom stereocenters. The van der Waals surface area contributed by atoms with Crippen molar-refractivity contribution in [3.63, 3.8) is 0 Å². The molecule has 0 saturated carbocycles. The number of ether oxygens (including phenoxy) is 2. The third-order valence-electron chi connectivity index (χ3n) is 6.65. The quantitative estimate of drug-likeness (QED) is 0.352. The molecule has 1 fully saturated rings. The van der Waals surface area contributed by atoms with Gasteiger partial charge >= 0.3 is 0 Å². The first-order valence-corrected chi connectivity index (χ1v) is 11.9. The van der Waals surface area contributed by atoms with Gasteiger partial charge in [0.1, 0.15) is 24.0 Å². The molecule has 2 atom stereocenters. The molecule has 182 valence electrons. The van der Waals surface area contributed by atoms with Crippen LogP contribution in [0.3, 0.4) is 0 Å². The number of hydrogen-bond donors (Lipinski definition) is 1. The summed E-state index contributed by atoms with van der Waals surface area (Å²) in [6.45, 7) is 3.45. The van der Waals surface area contributed by atoms with Crippen LogP contribution in [-0.2, 0) is 11.8 Å². The van der Waals surface area contributed by atoms with Crippen molar-refractivity contribution in [2.75, 3.05) is 18.5 Å². The summed E-state index contributed by atoms with van der Waals surface area (Å²) in [6.07, 6.45) is 7.72. The lowest BCUT2D eigenvalue weighted by Crippen LogP contribution is -2.24. The van der Waals surface area contributed by atoms with Gasteiger partial charge in [0.15, 0.2) is 5.82 Å². The molecule has 1 N–H and O–H groups in total. The van der Waals surface area contributed by atoms with Gasteiger partial charge in [-0.1, -0.05) is 0 Å². The maximum Gasteiger partial charge on any atom is 0.156 e. The number of nitrogens with one attached hydrogen (secondary N) is 1. The first-order valence-electron chi connectivity index (χ1n) is 11.9. The van der Waals surface area contributed by atoms with Crippen LogP contribution < -0.4 is 10.1 Å². The van der Waals surface area contributed by atoms with Gasteiger partial charge in [-0.3, -0.25) is 9.67 Å². The second-order valence-electron chi connectivity index (χ2n) is 9.06. The fraction of sp³-hybridized carbons (Fsp3) is 0.259. The molecule has 5 aromatic rings. The van der Waals surface area contributed by atoms with Crippen molar-refractivity contribution in [2.24, 2.45) is 13.0 Å². The van der Waals surface area contributed by atoms with Crippen LogP contribution in [0.4, 0.5) is 15.9 Å². The highest BCUT2D eigenvalue weighted by molar-refractivity contribution is 5.99. The van der Waals surface area contributed by atoms with Crippen LogP contribution in [0.2, 0.25) is 0 Å². The Balaban J connectivity index is 1.47. The predicted molar refractivity (Wildman–Crippen MR) is 136 cm³/mol. The molecule has 4 heterocycles. The van der Waals surface area contributed by atoms with Crippen LogP contribution in [0.15, 0.2) is 61.3 Å². The Morgan fingerprint density at radius 1 is 1.14 bits per heavy atom. The van der Waals surface area contributed by atoms with Gasteiger partial charge < -0.3 is 14.8 Å². The maximum absolute atomic E-state index is 15.4. The molecule has 1 aliphatic rings. The van der Waals surface area contributed by atoms with Gasteiger partial charge in [-0.15, -0.1) is 0 Å². The zero-order valence-corrected chi connectivity index (χ0v) is 20.0. The first kappa shape index (κ1) is 22.4. The molecule has 0 aliphatic carbocycles. The number of nitrogens with zero attached hydrogens (tertiary/aromatic N) is 5. The number of aryl methyl sites for hydroxylation is 1. The van der Waals surface area contributed by atoms with E-state index in [9.17, 15) is 0 Å². The van der Waals surface area contributed by atoms with E-state index in [1.54, 1.807) is 41.3 Å². The van der Waals surface area contributed by atoms with E-state index in [1.807, 2.05) is 25.4 Å². The largest absolute Gasteiger partial charge is 0.489 e. The summed E-state index contributed by atoms with van der Waals surface area (Å²) >= 11 is 0. The average Bonchev–Trinajstić information content (AvgIpc) is 3.58. The van der Waals surface area contributed by atoms with Gasteiger partial charge in [0.25, 0.3) is 0 Å². The molecule has 36 heavy (non-hydrogen) atoms. The van der Waals surface area contributed by atoms with Crippen molar-refractivity contribution in [1.82, 2.24) is 24.7 Å². The number of anilines is 2. The standard InChI is InChI=1S/C27H25FN6O2/c1-16(17-7-9-35-14-17)36-24-11-18(19-12-32-34(2)13-19)10-23-25(24)27(31-15-30-23)33-22-6-5-21-20(26(22)28)4-3-8-29-21/h3-6,8,10-13,15-17H,7,9,14H2,1-2H3,(H,30,31,33)/t16-,17+/m1/s1. The number of benzene rings is 2. The Morgan fingerprint density at radius 2 is 2.06 bits per heavy atom. The third-order valence-corrected chi connectivity index (χ3v) is 6.65. The molecule has 1 saturated heterocycles. The highest BCUT2D eigenvalue weighted by atomic mass is 19.1. The van der Waals surface area contributed by atoms with Crippen LogP contribution in [0, 0.1) is 11.7 Å². The zero-order chi connectivity index (χ0) is 24.6. The summed E-state index contributed by atoms with van der Waals surface area (Å²) < 4.78 is 29.2. The Hall–Kier alpha value is -4.11. The van der Waals surface area contributed by atoms with E-state index in [4.69, 9.17) is 9.47 Å². The molecule has 2 aromatic carbocycles. The smallest absolute Gasteiger partial charge is 0.156 e. The monoisotopic (exact) mass is 484 g/mol. The fourth-order valence-electron chi connectivity index (χ4n) is 4.64. The summed E-state index contributed by atoms with van der Waals surface area (Å²) in [7, 11) is 1.88. The van der Waals surface area contributed by atoms with Crippen molar-refractivity contribution in [2.45, 2.75) is 19.4 Å².